The average molecular weight is 376 g/mol. The van der Waals surface area contributed by atoms with Gasteiger partial charge in [-0.25, -0.2) is 0 Å². The standard InChI is InChI=1S/C19H15F3N2OS/c20-19(21,22)13-6-4-9-15(12-13)23-17(16-10-5-11-26-16)18(25)24-14-7-2-1-3-8-14/h1-12,17,23H,(H,24,25). The first-order valence-corrected chi connectivity index (χ1v) is 8.64. The van der Waals surface area contributed by atoms with Crippen LogP contribution < -0.4 is 10.6 Å². The summed E-state index contributed by atoms with van der Waals surface area (Å²) in [5, 5.41) is 7.50. The number of nitrogens with one attached hydrogen (secondary N) is 2. The molecule has 0 aliphatic heterocycles. The topological polar surface area (TPSA) is 41.1 Å². The van der Waals surface area contributed by atoms with E-state index in [1.54, 1.807) is 36.4 Å². The molecule has 26 heavy (non-hydrogen) atoms. The van der Waals surface area contributed by atoms with Gasteiger partial charge >= 0.3 is 6.18 Å². The van der Waals surface area contributed by atoms with E-state index in [1.807, 2.05) is 11.4 Å². The van der Waals surface area contributed by atoms with Crippen molar-refractivity contribution >= 4 is 28.6 Å². The quantitative estimate of drug-likeness (QED) is 0.612. The minimum atomic E-state index is -4.44. The van der Waals surface area contributed by atoms with Crippen molar-refractivity contribution < 1.29 is 18.0 Å². The number of rotatable bonds is 5. The molecule has 1 heterocycles. The number of carbonyl (C=O) groups is 1. The lowest BCUT2D eigenvalue weighted by Crippen LogP contribution is -2.26. The summed E-state index contributed by atoms with van der Waals surface area (Å²) in [7, 11) is 0. The summed E-state index contributed by atoms with van der Waals surface area (Å²) in [5.74, 6) is -0.351. The highest BCUT2D eigenvalue weighted by atomic mass is 32.1. The van der Waals surface area contributed by atoms with Gasteiger partial charge in [0, 0.05) is 16.3 Å². The number of thiophene rings is 1. The summed E-state index contributed by atoms with van der Waals surface area (Å²) in [4.78, 5) is 13.4. The van der Waals surface area contributed by atoms with E-state index in [1.165, 1.54) is 23.5 Å². The number of alkyl halides is 3. The van der Waals surface area contributed by atoms with Gasteiger partial charge in [-0.05, 0) is 41.8 Å². The highest BCUT2D eigenvalue weighted by Crippen LogP contribution is 2.32. The number of benzene rings is 2. The Kier molecular flexibility index (Phi) is 5.27. The third kappa shape index (κ3) is 4.43. The van der Waals surface area contributed by atoms with Gasteiger partial charge < -0.3 is 10.6 Å². The number of anilines is 2. The van der Waals surface area contributed by atoms with Crippen LogP contribution in [0.5, 0.6) is 0 Å². The summed E-state index contributed by atoms with van der Waals surface area (Å²) >= 11 is 1.35. The second kappa shape index (κ2) is 7.61. The maximum absolute atomic E-state index is 12.9. The van der Waals surface area contributed by atoms with Crippen molar-refractivity contribution in [2.45, 2.75) is 12.2 Å². The summed E-state index contributed by atoms with van der Waals surface area (Å²) in [6.07, 6.45) is -4.44. The minimum Gasteiger partial charge on any atom is -0.369 e. The zero-order valence-electron chi connectivity index (χ0n) is 13.5. The Morgan fingerprint density at radius 1 is 0.923 bits per heavy atom. The van der Waals surface area contributed by atoms with Crippen LogP contribution in [0.15, 0.2) is 72.1 Å². The molecule has 134 valence electrons. The average Bonchev–Trinajstić information content (AvgIpc) is 3.14. The first-order chi connectivity index (χ1) is 12.4. The lowest BCUT2D eigenvalue weighted by Gasteiger charge is -2.19. The van der Waals surface area contributed by atoms with E-state index in [9.17, 15) is 18.0 Å². The fourth-order valence-corrected chi connectivity index (χ4v) is 3.18. The molecule has 0 saturated carbocycles. The number of para-hydroxylation sites is 1. The number of hydrogen-bond donors (Lipinski definition) is 2. The monoisotopic (exact) mass is 376 g/mol. The number of carbonyl (C=O) groups excluding carboxylic acids is 1. The molecule has 2 N–H and O–H groups in total. The second-order valence-electron chi connectivity index (χ2n) is 5.53. The predicted molar refractivity (Wildman–Crippen MR) is 97.2 cm³/mol. The molecule has 3 aromatic rings. The third-order valence-corrected chi connectivity index (χ3v) is 4.57. The van der Waals surface area contributed by atoms with E-state index in [-0.39, 0.29) is 11.6 Å². The highest BCUT2D eigenvalue weighted by molar-refractivity contribution is 7.10. The van der Waals surface area contributed by atoms with Gasteiger partial charge in [-0.15, -0.1) is 11.3 Å². The molecule has 0 fully saturated rings. The van der Waals surface area contributed by atoms with Crippen LogP contribution in [0.1, 0.15) is 16.5 Å². The molecule has 1 atom stereocenters. The molecule has 0 spiro atoms. The largest absolute Gasteiger partial charge is 0.416 e. The summed E-state index contributed by atoms with van der Waals surface area (Å²) < 4.78 is 38.8. The van der Waals surface area contributed by atoms with E-state index in [2.05, 4.69) is 10.6 Å². The molecule has 0 aliphatic rings. The molecule has 0 saturated heterocycles. The molecule has 0 radical (unpaired) electrons. The van der Waals surface area contributed by atoms with Gasteiger partial charge in [0.2, 0.25) is 0 Å². The molecular weight excluding hydrogens is 361 g/mol. The molecule has 3 nitrogen and oxygen atoms in total. The Bertz CT molecular complexity index is 864. The smallest absolute Gasteiger partial charge is 0.369 e. The fraction of sp³-hybridized carbons (Fsp3) is 0.105. The van der Waals surface area contributed by atoms with Crippen molar-refractivity contribution in [3.05, 3.63) is 82.6 Å². The van der Waals surface area contributed by atoms with Crippen LogP contribution in [0.4, 0.5) is 24.5 Å². The Hall–Kier alpha value is -2.80. The molecule has 1 aromatic heterocycles. The van der Waals surface area contributed by atoms with E-state index < -0.39 is 17.8 Å². The summed E-state index contributed by atoms with van der Waals surface area (Å²) in [6, 6.07) is 16.4. The second-order valence-corrected chi connectivity index (χ2v) is 6.51. The van der Waals surface area contributed by atoms with Crippen molar-refractivity contribution in [3.8, 4) is 0 Å². The minimum absolute atomic E-state index is 0.224. The Labute approximate surface area is 152 Å². The normalized spacial score (nSPS) is 12.4. The number of hydrogen-bond acceptors (Lipinski definition) is 3. The number of amides is 1. The molecule has 1 unspecified atom stereocenters. The first-order valence-electron chi connectivity index (χ1n) is 7.76. The van der Waals surface area contributed by atoms with Crippen molar-refractivity contribution in [1.29, 1.82) is 0 Å². The molecule has 0 aliphatic carbocycles. The van der Waals surface area contributed by atoms with E-state index in [0.29, 0.717) is 10.6 Å². The highest BCUT2D eigenvalue weighted by Gasteiger charge is 2.31. The molecule has 0 bridgehead atoms. The van der Waals surface area contributed by atoms with Crippen LogP contribution in [0.2, 0.25) is 0 Å². The maximum atomic E-state index is 12.9. The predicted octanol–water partition coefficient (Wildman–Crippen LogP) is 5.56. The Balaban J connectivity index is 1.85. The molecule has 3 rings (SSSR count). The van der Waals surface area contributed by atoms with Gasteiger partial charge in [-0.1, -0.05) is 30.3 Å². The SMILES string of the molecule is O=C(Nc1ccccc1)C(Nc1cccc(C(F)(F)F)c1)c1cccs1. The van der Waals surface area contributed by atoms with Crippen LogP contribution in [0.25, 0.3) is 0 Å². The van der Waals surface area contributed by atoms with Gasteiger partial charge in [0.25, 0.3) is 5.91 Å². The van der Waals surface area contributed by atoms with Crippen LogP contribution in [-0.4, -0.2) is 5.91 Å². The Morgan fingerprint density at radius 3 is 2.31 bits per heavy atom. The zero-order valence-corrected chi connectivity index (χ0v) is 14.3. The van der Waals surface area contributed by atoms with Crippen molar-refractivity contribution in [2.24, 2.45) is 0 Å². The molecule has 1 amide bonds. The summed E-state index contributed by atoms with van der Waals surface area (Å²) in [6.45, 7) is 0. The van der Waals surface area contributed by atoms with Crippen molar-refractivity contribution in [1.82, 2.24) is 0 Å². The van der Waals surface area contributed by atoms with Crippen LogP contribution >= 0.6 is 11.3 Å². The van der Waals surface area contributed by atoms with Crippen molar-refractivity contribution in [2.75, 3.05) is 10.6 Å². The maximum Gasteiger partial charge on any atom is 0.416 e. The number of halogens is 3. The lowest BCUT2D eigenvalue weighted by atomic mass is 10.1. The van der Waals surface area contributed by atoms with Crippen molar-refractivity contribution in [3.63, 3.8) is 0 Å². The van der Waals surface area contributed by atoms with E-state index >= 15 is 0 Å². The first kappa shape index (κ1) is 18.0. The molecular formula is C19H15F3N2OS. The van der Waals surface area contributed by atoms with Gasteiger partial charge in [0.15, 0.2) is 0 Å². The van der Waals surface area contributed by atoms with Crippen LogP contribution in [0, 0.1) is 0 Å². The van der Waals surface area contributed by atoms with Crippen LogP contribution in [0.3, 0.4) is 0 Å². The molecule has 7 heteroatoms. The van der Waals surface area contributed by atoms with Gasteiger partial charge in [0.1, 0.15) is 6.04 Å². The Morgan fingerprint density at radius 2 is 1.65 bits per heavy atom. The third-order valence-electron chi connectivity index (χ3n) is 3.63. The van der Waals surface area contributed by atoms with Crippen LogP contribution in [-0.2, 0) is 11.0 Å². The van der Waals surface area contributed by atoms with E-state index in [0.717, 1.165) is 12.1 Å². The fourth-order valence-electron chi connectivity index (χ4n) is 2.41. The lowest BCUT2D eigenvalue weighted by molar-refractivity contribution is -0.137. The zero-order chi connectivity index (χ0) is 18.6. The van der Waals surface area contributed by atoms with Gasteiger partial charge in [-0.3, -0.25) is 4.79 Å². The summed E-state index contributed by atoms with van der Waals surface area (Å²) in [5.41, 5.74) is 0.0715. The molecule has 2 aromatic carbocycles. The van der Waals surface area contributed by atoms with E-state index in [4.69, 9.17) is 0 Å². The van der Waals surface area contributed by atoms with Gasteiger partial charge in [0.05, 0.1) is 5.56 Å². The van der Waals surface area contributed by atoms with Gasteiger partial charge in [-0.2, -0.15) is 13.2 Å².